The standard InChI is InChI=1S/C12H11NO3/c1-3-7-16-12(15)10-5-4-6-11(8-10)13-9(2)14/h1,4-6,8H,7H2,2H3,(H,13,14). The van der Waals surface area contributed by atoms with Gasteiger partial charge in [0.25, 0.3) is 0 Å². The van der Waals surface area contributed by atoms with Gasteiger partial charge in [-0.3, -0.25) is 4.79 Å². The number of carbonyl (C=O) groups excluding carboxylic acids is 2. The highest BCUT2D eigenvalue weighted by Gasteiger charge is 2.07. The first-order valence-corrected chi connectivity index (χ1v) is 4.61. The number of hydrogen-bond donors (Lipinski definition) is 1. The minimum absolute atomic E-state index is 0.0663. The van der Waals surface area contributed by atoms with Gasteiger partial charge in [-0.15, -0.1) is 6.42 Å². The van der Waals surface area contributed by atoms with Crippen molar-refractivity contribution in [3.63, 3.8) is 0 Å². The molecular weight excluding hydrogens is 206 g/mol. The summed E-state index contributed by atoms with van der Waals surface area (Å²) in [6.45, 7) is 1.33. The molecule has 82 valence electrons. The molecule has 16 heavy (non-hydrogen) atoms. The Balaban J connectivity index is 2.78. The number of carbonyl (C=O) groups is 2. The van der Waals surface area contributed by atoms with Crippen LogP contribution in [-0.2, 0) is 9.53 Å². The van der Waals surface area contributed by atoms with Gasteiger partial charge in [-0.2, -0.15) is 0 Å². The number of amides is 1. The van der Waals surface area contributed by atoms with Crippen molar-refractivity contribution < 1.29 is 14.3 Å². The number of esters is 1. The topological polar surface area (TPSA) is 55.4 Å². The van der Waals surface area contributed by atoms with E-state index in [1.165, 1.54) is 13.0 Å². The fourth-order valence-corrected chi connectivity index (χ4v) is 1.12. The van der Waals surface area contributed by atoms with E-state index in [0.29, 0.717) is 11.3 Å². The summed E-state index contributed by atoms with van der Waals surface area (Å²) in [6.07, 6.45) is 4.97. The van der Waals surface area contributed by atoms with Gasteiger partial charge >= 0.3 is 5.97 Å². The molecule has 1 aromatic carbocycles. The van der Waals surface area contributed by atoms with E-state index in [9.17, 15) is 9.59 Å². The van der Waals surface area contributed by atoms with Crippen LogP contribution >= 0.6 is 0 Å². The number of ether oxygens (including phenoxy) is 1. The maximum atomic E-state index is 11.4. The third-order valence-corrected chi connectivity index (χ3v) is 1.71. The maximum Gasteiger partial charge on any atom is 0.339 e. The Morgan fingerprint density at radius 2 is 2.25 bits per heavy atom. The molecule has 1 N–H and O–H groups in total. The molecule has 1 amide bonds. The van der Waals surface area contributed by atoms with Gasteiger partial charge in [0.1, 0.15) is 0 Å². The molecule has 4 heteroatoms. The van der Waals surface area contributed by atoms with Crippen LogP contribution in [0.4, 0.5) is 5.69 Å². The van der Waals surface area contributed by atoms with Gasteiger partial charge < -0.3 is 10.1 Å². The van der Waals surface area contributed by atoms with E-state index in [4.69, 9.17) is 11.2 Å². The van der Waals surface area contributed by atoms with E-state index in [1.807, 2.05) is 0 Å². The molecule has 0 atom stereocenters. The molecule has 0 unspecified atom stereocenters. The van der Waals surface area contributed by atoms with Crippen molar-refractivity contribution in [1.29, 1.82) is 0 Å². The Labute approximate surface area is 93.6 Å². The third kappa shape index (κ3) is 3.46. The first-order valence-electron chi connectivity index (χ1n) is 4.61. The zero-order valence-corrected chi connectivity index (χ0v) is 8.82. The van der Waals surface area contributed by atoms with Gasteiger partial charge in [-0.1, -0.05) is 12.0 Å². The van der Waals surface area contributed by atoms with Gasteiger partial charge in [-0.05, 0) is 18.2 Å². The molecule has 0 aliphatic carbocycles. The smallest absolute Gasteiger partial charge is 0.339 e. The fourth-order valence-electron chi connectivity index (χ4n) is 1.12. The summed E-state index contributed by atoms with van der Waals surface area (Å²) in [5, 5.41) is 2.57. The zero-order chi connectivity index (χ0) is 12.0. The van der Waals surface area contributed by atoms with Gasteiger partial charge in [0, 0.05) is 12.6 Å². The lowest BCUT2D eigenvalue weighted by Gasteiger charge is -2.04. The van der Waals surface area contributed by atoms with Crippen molar-refractivity contribution in [3.05, 3.63) is 29.8 Å². The highest BCUT2D eigenvalue weighted by Crippen LogP contribution is 2.11. The molecule has 0 aliphatic heterocycles. The predicted octanol–water partition coefficient (Wildman–Crippen LogP) is 1.43. The molecule has 0 heterocycles. The first-order chi connectivity index (χ1) is 7.63. The second-order valence-corrected chi connectivity index (χ2v) is 3.04. The minimum atomic E-state index is -0.509. The molecule has 1 rings (SSSR count). The molecule has 0 bridgehead atoms. The van der Waals surface area contributed by atoms with Crippen molar-refractivity contribution in [2.24, 2.45) is 0 Å². The molecule has 0 aromatic heterocycles. The molecule has 1 aromatic rings. The largest absolute Gasteiger partial charge is 0.449 e. The minimum Gasteiger partial charge on any atom is -0.449 e. The number of anilines is 1. The Morgan fingerprint density at radius 1 is 1.50 bits per heavy atom. The average molecular weight is 217 g/mol. The Kier molecular flexibility index (Phi) is 4.10. The van der Waals surface area contributed by atoms with Gasteiger partial charge in [0.05, 0.1) is 5.56 Å². The summed E-state index contributed by atoms with van der Waals surface area (Å²) in [5.74, 6) is 1.49. The van der Waals surface area contributed by atoms with E-state index in [0.717, 1.165) is 0 Å². The van der Waals surface area contributed by atoms with Crippen LogP contribution in [-0.4, -0.2) is 18.5 Å². The van der Waals surface area contributed by atoms with Crippen molar-refractivity contribution >= 4 is 17.6 Å². The lowest BCUT2D eigenvalue weighted by Crippen LogP contribution is -2.08. The van der Waals surface area contributed by atoms with Crippen molar-refractivity contribution in [3.8, 4) is 12.3 Å². The number of benzene rings is 1. The average Bonchev–Trinajstić information content (AvgIpc) is 2.25. The number of terminal acetylenes is 1. The van der Waals surface area contributed by atoms with E-state index < -0.39 is 5.97 Å². The van der Waals surface area contributed by atoms with Crippen molar-refractivity contribution in [2.75, 3.05) is 11.9 Å². The molecular formula is C12H11NO3. The van der Waals surface area contributed by atoms with Gasteiger partial charge in [0.2, 0.25) is 5.91 Å². The molecule has 0 fully saturated rings. The van der Waals surface area contributed by atoms with Crippen LogP contribution in [0.3, 0.4) is 0 Å². The second kappa shape index (κ2) is 5.56. The van der Waals surface area contributed by atoms with Gasteiger partial charge in [-0.25, -0.2) is 4.79 Å². The Hall–Kier alpha value is -2.28. The van der Waals surface area contributed by atoms with Crippen LogP contribution in [0.15, 0.2) is 24.3 Å². The quantitative estimate of drug-likeness (QED) is 0.615. The number of hydrogen-bond acceptors (Lipinski definition) is 3. The molecule has 4 nitrogen and oxygen atoms in total. The van der Waals surface area contributed by atoms with Crippen LogP contribution in [0.5, 0.6) is 0 Å². The third-order valence-electron chi connectivity index (χ3n) is 1.71. The van der Waals surface area contributed by atoms with E-state index in [1.54, 1.807) is 18.2 Å². The number of nitrogens with one attached hydrogen (secondary N) is 1. The lowest BCUT2D eigenvalue weighted by molar-refractivity contribution is -0.114. The summed E-state index contributed by atoms with van der Waals surface area (Å²) >= 11 is 0. The molecule has 0 radical (unpaired) electrons. The molecule has 0 aliphatic rings. The molecule has 0 spiro atoms. The lowest BCUT2D eigenvalue weighted by atomic mass is 10.2. The van der Waals surface area contributed by atoms with Crippen LogP contribution in [0.2, 0.25) is 0 Å². The van der Waals surface area contributed by atoms with E-state index in [2.05, 4.69) is 11.2 Å². The van der Waals surface area contributed by atoms with Crippen molar-refractivity contribution in [1.82, 2.24) is 0 Å². The fraction of sp³-hybridized carbons (Fsp3) is 0.167. The van der Waals surface area contributed by atoms with Crippen LogP contribution in [0, 0.1) is 12.3 Å². The number of rotatable bonds is 3. The maximum absolute atomic E-state index is 11.4. The zero-order valence-electron chi connectivity index (χ0n) is 8.82. The molecule has 0 saturated heterocycles. The monoisotopic (exact) mass is 217 g/mol. The van der Waals surface area contributed by atoms with Gasteiger partial charge in [0.15, 0.2) is 6.61 Å². The normalized spacial score (nSPS) is 9.00. The summed E-state index contributed by atoms with van der Waals surface area (Å²) < 4.78 is 4.75. The summed E-state index contributed by atoms with van der Waals surface area (Å²) in [4.78, 5) is 22.2. The highest BCUT2D eigenvalue weighted by atomic mass is 16.5. The second-order valence-electron chi connectivity index (χ2n) is 3.04. The molecule has 0 saturated carbocycles. The van der Waals surface area contributed by atoms with E-state index >= 15 is 0 Å². The Morgan fingerprint density at radius 3 is 2.88 bits per heavy atom. The van der Waals surface area contributed by atoms with Crippen LogP contribution < -0.4 is 5.32 Å². The summed E-state index contributed by atoms with van der Waals surface area (Å²) in [7, 11) is 0. The summed E-state index contributed by atoms with van der Waals surface area (Å²) in [6, 6.07) is 6.45. The van der Waals surface area contributed by atoms with E-state index in [-0.39, 0.29) is 12.5 Å². The predicted molar refractivity (Wildman–Crippen MR) is 59.9 cm³/mol. The first kappa shape index (κ1) is 11.8. The highest BCUT2D eigenvalue weighted by molar-refractivity contribution is 5.93. The van der Waals surface area contributed by atoms with Crippen molar-refractivity contribution in [2.45, 2.75) is 6.92 Å². The van der Waals surface area contributed by atoms with Crippen LogP contribution in [0.25, 0.3) is 0 Å². The SMILES string of the molecule is C#CCOC(=O)c1cccc(NC(C)=O)c1. The Bertz CT molecular complexity index is 446. The summed E-state index contributed by atoms with van der Waals surface area (Å²) in [5.41, 5.74) is 0.893. The van der Waals surface area contributed by atoms with Crippen LogP contribution in [0.1, 0.15) is 17.3 Å².